The van der Waals surface area contributed by atoms with E-state index in [9.17, 15) is 4.79 Å². The van der Waals surface area contributed by atoms with Crippen LogP contribution in [0, 0.1) is 0 Å². The standard InChI is InChI=1S/C19H32N4O2.HI/c1-19(2,3)16-8-6-15(7-9-16)10-11-22-18(20-4)23-14-17(24)21-12-13-25-5;/h6-9H,10-14H2,1-5H3,(H,21,24)(H2,20,22,23);1H. The Kier molecular flexibility index (Phi) is 12.2. The first kappa shape index (κ1) is 24.7. The number of guanidine groups is 1. The van der Waals surface area contributed by atoms with Crippen molar-refractivity contribution in [3.8, 4) is 0 Å². The van der Waals surface area contributed by atoms with E-state index in [1.165, 1.54) is 11.1 Å². The molecule has 0 bridgehead atoms. The van der Waals surface area contributed by atoms with Crippen LogP contribution in [-0.4, -0.2) is 52.3 Å². The van der Waals surface area contributed by atoms with Gasteiger partial charge in [-0.25, -0.2) is 0 Å². The number of aliphatic imine (C=N–C) groups is 1. The Bertz CT molecular complexity index is 554. The molecule has 0 saturated carbocycles. The van der Waals surface area contributed by atoms with Crippen LogP contribution >= 0.6 is 24.0 Å². The summed E-state index contributed by atoms with van der Waals surface area (Å²) in [5, 5.41) is 8.97. The van der Waals surface area contributed by atoms with E-state index in [-0.39, 0.29) is 41.8 Å². The van der Waals surface area contributed by atoms with E-state index in [4.69, 9.17) is 4.74 Å². The molecule has 0 aliphatic carbocycles. The SMILES string of the molecule is CN=C(NCCc1ccc(C(C)(C)C)cc1)NCC(=O)NCCOC.I. The van der Waals surface area contributed by atoms with Crippen molar-refractivity contribution < 1.29 is 9.53 Å². The highest BCUT2D eigenvalue weighted by Gasteiger charge is 2.12. The van der Waals surface area contributed by atoms with Crippen molar-refractivity contribution in [2.24, 2.45) is 4.99 Å². The third kappa shape index (κ3) is 9.96. The topological polar surface area (TPSA) is 74.8 Å². The quantitative estimate of drug-likeness (QED) is 0.233. The minimum Gasteiger partial charge on any atom is -0.383 e. The largest absolute Gasteiger partial charge is 0.383 e. The van der Waals surface area contributed by atoms with Gasteiger partial charge < -0.3 is 20.7 Å². The molecule has 0 aliphatic rings. The molecule has 0 saturated heterocycles. The molecule has 0 spiro atoms. The summed E-state index contributed by atoms with van der Waals surface area (Å²) in [7, 11) is 3.29. The van der Waals surface area contributed by atoms with Gasteiger partial charge in [-0.05, 0) is 23.0 Å². The van der Waals surface area contributed by atoms with Crippen LogP contribution in [0.2, 0.25) is 0 Å². The van der Waals surface area contributed by atoms with E-state index in [1.54, 1.807) is 14.2 Å². The smallest absolute Gasteiger partial charge is 0.239 e. The molecule has 7 heteroatoms. The molecular formula is C19H33IN4O2. The van der Waals surface area contributed by atoms with E-state index in [2.05, 4.69) is 66.0 Å². The number of nitrogens with one attached hydrogen (secondary N) is 3. The van der Waals surface area contributed by atoms with Crippen LogP contribution in [0.5, 0.6) is 0 Å². The van der Waals surface area contributed by atoms with Gasteiger partial charge in [0, 0.05) is 27.2 Å². The number of carbonyl (C=O) groups excluding carboxylic acids is 1. The van der Waals surface area contributed by atoms with Crippen molar-refractivity contribution in [2.45, 2.75) is 32.6 Å². The van der Waals surface area contributed by atoms with Crippen molar-refractivity contribution in [3.63, 3.8) is 0 Å². The fourth-order valence-corrected chi connectivity index (χ4v) is 2.24. The van der Waals surface area contributed by atoms with Gasteiger partial charge in [0.05, 0.1) is 13.2 Å². The summed E-state index contributed by atoms with van der Waals surface area (Å²) < 4.78 is 4.89. The van der Waals surface area contributed by atoms with Crippen molar-refractivity contribution in [1.29, 1.82) is 0 Å². The molecule has 0 atom stereocenters. The lowest BCUT2D eigenvalue weighted by Gasteiger charge is -2.19. The van der Waals surface area contributed by atoms with Gasteiger partial charge in [-0.2, -0.15) is 0 Å². The molecule has 3 N–H and O–H groups in total. The van der Waals surface area contributed by atoms with E-state index in [0.29, 0.717) is 19.1 Å². The molecule has 0 aromatic heterocycles. The zero-order valence-corrected chi connectivity index (χ0v) is 18.8. The van der Waals surface area contributed by atoms with Gasteiger partial charge in [-0.15, -0.1) is 24.0 Å². The van der Waals surface area contributed by atoms with Crippen LogP contribution in [0.3, 0.4) is 0 Å². The monoisotopic (exact) mass is 476 g/mol. The lowest BCUT2D eigenvalue weighted by atomic mass is 9.86. The van der Waals surface area contributed by atoms with Crippen LogP contribution < -0.4 is 16.0 Å². The number of halogens is 1. The Labute approximate surface area is 174 Å². The van der Waals surface area contributed by atoms with Crippen LogP contribution in [-0.2, 0) is 21.4 Å². The van der Waals surface area contributed by atoms with Gasteiger partial charge in [0.2, 0.25) is 5.91 Å². The second kappa shape index (κ2) is 12.9. The molecule has 0 aliphatic heterocycles. The third-order valence-electron chi connectivity index (χ3n) is 3.79. The summed E-state index contributed by atoms with van der Waals surface area (Å²) in [6, 6.07) is 8.71. The second-order valence-corrected chi connectivity index (χ2v) is 6.89. The molecule has 1 aromatic carbocycles. The molecular weight excluding hydrogens is 443 g/mol. The average Bonchev–Trinajstić information content (AvgIpc) is 2.57. The summed E-state index contributed by atoms with van der Waals surface area (Å²) >= 11 is 0. The van der Waals surface area contributed by atoms with Crippen LogP contribution in [0.4, 0.5) is 0 Å². The number of hydrogen-bond acceptors (Lipinski definition) is 3. The normalized spacial score (nSPS) is 11.5. The number of ether oxygens (including phenoxy) is 1. The summed E-state index contributed by atoms with van der Waals surface area (Å²) in [6.45, 7) is 8.59. The molecule has 0 unspecified atom stereocenters. The van der Waals surface area contributed by atoms with Crippen molar-refractivity contribution in [1.82, 2.24) is 16.0 Å². The maximum Gasteiger partial charge on any atom is 0.239 e. The first-order chi connectivity index (χ1) is 11.9. The highest BCUT2D eigenvalue weighted by molar-refractivity contribution is 14.0. The van der Waals surface area contributed by atoms with E-state index < -0.39 is 0 Å². The number of hydrogen-bond donors (Lipinski definition) is 3. The highest BCUT2D eigenvalue weighted by atomic mass is 127. The summed E-state index contributed by atoms with van der Waals surface area (Å²) in [6.07, 6.45) is 0.894. The number of benzene rings is 1. The van der Waals surface area contributed by atoms with E-state index in [0.717, 1.165) is 13.0 Å². The number of methoxy groups -OCH3 is 1. The Morgan fingerprint density at radius 2 is 1.73 bits per heavy atom. The second-order valence-electron chi connectivity index (χ2n) is 6.89. The van der Waals surface area contributed by atoms with Crippen LogP contribution in [0.1, 0.15) is 31.9 Å². The van der Waals surface area contributed by atoms with Crippen molar-refractivity contribution in [3.05, 3.63) is 35.4 Å². The predicted octanol–water partition coefficient (Wildman–Crippen LogP) is 2.07. The Morgan fingerprint density at radius 3 is 2.27 bits per heavy atom. The van der Waals surface area contributed by atoms with Gasteiger partial charge in [-0.3, -0.25) is 9.79 Å². The molecule has 0 fully saturated rings. The zero-order valence-electron chi connectivity index (χ0n) is 16.5. The first-order valence-electron chi connectivity index (χ1n) is 8.66. The fourth-order valence-electron chi connectivity index (χ4n) is 2.24. The number of rotatable bonds is 8. The summed E-state index contributed by atoms with van der Waals surface area (Å²) in [5.74, 6) is 0.533. The highest BCUT2D eigenvalue weighted by Crippen LogP contribution is 2.22. The molecule has 0 radical (unpaired) electrons. The number of carbonyl (C=O) groups is 1. The molecule has 0 heterocycles. The number of amides is 1. The maximum atomic E-state index is 11.6. The molecule has 1 amide bonds. The lowest BCUT2D eigenvalue weighted by Crippen LogP contribution is -2.44. The predicted molar refractivity (Wildman–Crippen MR) is 119 cm³/mol. The van der Waals surface area contributed by atoms with E-state index >= 15 is 0 Å². The molecule has 6 nitrogen and oxygen atoms in total. The van der Waals surface area contributed by atoms with Gasteiger partial charge in [0.1, 0.15) is 0 Å². The van der Waals surface area contributed by atoms with E-state index in [1.807, 2.05) is 0 Å². The maximum absolute atomic E-state index is 11.6. The minimum atomic E-state index is -0.0854. The number of nitrogens with zero attached hydrogens (tertiary/aromatic N) is 1. The third-order valence-corrected chi connectivity index (χ3v) is 3.79. The minimum absolute atomic E-state index is 0. The van der Waals surface area contributed by atoms with Crippen LogP contribution in [0.15, 0.2) is 29.3 Å². The first-order valence-corrected chi connectivity index (χ1v) is 8.66. The average molecular weight is 476 g/mol. The summed E-state index contributed by atoms with van der Waals surface area (Å²) in [5.41, 5.74) is 2.78. The molecule has 1 aromatic rings. The molecule has 148 valence electrons. The van der Waals surface area contributed by atoms with Crippen molar-refractivity contribution >= 4 is 35.8 Å². The molecule has 26 heavy (non-hydrogen) atoms. The van der Waals surface area contributed by atoms with Gasteiger partial charge >= 0.3 is 0 Å². The molecule has 1 rings (SSSR count). The zero-order chi connectivity index (χ0) is 18.7. The van der Waals surface area contributed by atoms with Crippen LogP contribution in [0.25, 0.3) is 0 Å². The van der Waals surface area contributed by atoms with Crippen molar-refractivity contribution in [2.75, 3.05) is 40.4 Å². The summed E-state index contributed by atoms with van der Waals surface area (Å²) in [4.78, 5) is 15.8. The Hall–Kier alpha value is -1.35. The Morgan fingerprint density at radius 1 is 1.08 bits per heavy atom. The van der Waals surface area contributed by atoms with Gasteiger partial charge in [0.25, 0.3) is 0 Å². The Balaban J connectivity index is 0.00000625. The fraction of sp³-hybridized carbons (Fsp3) is 0.579. The van der Waals surface area contributed by atoms with Gasteiger partial charge in [0.15, 0.2) is 5.96 Å². The lowest BCUT2D eigenvalue weighted by molar-refractivity contribution is -0.120. The van der Waals surface area contributed by atoms with Gasteiger partial charge in [-0.1, -0.05) is 45.0 Å².